The Hall–Kier alpha value is -1.71. The third-order valence-corrected chi connectivity index (χ3v) is 6.86. The number of esters is 1. The van der Waals surface area contributed by atoms with E-state index in [2.05, 4.69) is 24.6 Å². The minimum absolute atomic E-state index is 0.0768. The van der Waals surface area contributed by atoms with Crippen molar-refractivity contribution >= 4 is 19.9 Å². The lowest BCUT2D eigenvalue weighted by Crippen LogP contribution is -2.41. The van der Waals surface area contributed by atoms with Gasteiger partial charge in [-0.25, -0.2) is 4.98 Å². The molecule has 1 aliphatic rings. The second-order valence-corrected chi connectivity index (χ2v) is 14.4. The molecular formula is C20H35N3O5Si. The van der Waals surface area contributed by atoms with Crippen LogP contribution in [0.3, 0.4) is 0 Å². The average molecular weight is 426 g/mol. The van der Waals surface area contributed by atoms with Crippen LogP contribution in [0, 0.1) is 5.92 Å². The zero-order valence-corrected chi connectivity index (χ0v) is 19.1. The lowest BCUT2D eigenvalue weighted by atomic mass is 9.97. The van der Waals surface area contributed by atoms with Crippen LogP contribution in [0.25, 0.3) is 0 Å². The first-order chi connectivity index (χ1) is 13.7. The molecule has 1 saturated heterocycles. The molecule has 8 nitrogen and oxygen atoms in total. The number of hydrogen-bond donors (Lipinski definition) is 1. The molecule has 1 aliphatic heterocycles. The first-order valence-corrected chi connectivity index (χ1v) is 14.1. The lowest BCUT2D eigenvalue weighted by molar-refractivity contribution is -0.146. The van der Waals surface area contributed by atoms with Crippen molar-refractivity contribution in [3.63, 3.8) is 0 Å². The van der Waals surface area contributed by atoms with Gasteiger partial charge in [-0.3, -0.25) is 14.2 Å². The zero-order chi connectivity index (χ0) is 21.4. The van der Waals surface area contributed by atoms with E-state index < -0.39 is 8.07 Å². The fourth-order valence-corrected chi connectivity index (χ4v) is 4.05. The molecule has 164 valence electrons. The summed E-state index contributed by atoms with van der Waals surface area (Å²) in [5.41, 5.74) is 0.583. The van der Waals surface area contributed by atoms with Gasteiger partial charge in [0.05, 0.1) is 18.7 Å². The predicted molar refractivity (Wildman–Crippen MR) is 115 cm³/mol. The van der Waals surface area contributed by atoms with E-state index in [-0.39, 0.29) is 30.8 Å². The van der Waals surface area contributed by atoms with Gasteiger partial charge in [0, 0.05) is 40.6 Å². The van der Waals surface area contributed by atoms with Gasteiger partial charge in [0.1, 0.15) is 6.73 Å². The highest BCUT2D eigenvalue weighted by molar-refractivity contribution is 6.76. The Morgan fingerprint density at radius 2 is 2.00 bits per heavy atom. The van der Waals surface area contributed by atoms with Crippen molar-refractivity contribution < 1.29 is 19.4 Å². The molecule has 29 heavy (non-hydrogen) atoms. The number of carbonyl (C=O) groups is 1. The quantitative estimate of drug-likeness (QED) is 0.347. The minimum atomic E-state index is -1.19. The summed E-state index contributed by atoms with van der Waals surface area (Å²) in [6.07, 6.45) is 4.20. The Bertz CT molecular complexity index is 724. The second kappa shape index (κ2) is 10.9. The first kappa shape index (κ1) is 23.6. The van der Waals surface area contributed by atoms with Gasteiger partial charge in [0.25, 0.3) is 5.56 Å². The third kappa shape index (κ3) is 7.24. The van der Waals surface area contributed by atoms with E-state index in [9.17, 15) is 9.59 Å². The summed E-state index contributed by atoms with van der Waals surface area (Å²) >= 11 is 0. The molecule has 1 aromatic heterocycles. The summed E-state index contributed by atoms with van der Waals surface area (Å²) in [6, 6.07) is 1.04. The third-order valence-electron chi connectivity index (χ3n) is 5.15. The molecule has 1 aromatic rings. The van der Waals surface area contributed by atoms with Gasteiger partial charge in [-0.05, 0) is 31.7 Å². The summed E-state index contributed by atoms with van der Waals surface area (Å²) in [5, 5.41) is 9.15. The molecule has 1 N–H and O–H groups in total. The maximum absolute atomic E-state index is 13.0. The molecule has 0 aromatic carbocycles. The van der Waals surface area contributed by atoms with Crippen molar-refractivity contribution in [3.05, 3.63) is 22.2 Å². The summed E-state index contributed by atoms with van der Waals surface area (Å²) < 4.78 is 12.2. The van der Waals surface area contributed by atoms with Crippen molar-refractivity contribution in [2.75, 3.05) is 38.3 Å². The summed E-state index contributed by atoms with van der Waals surface area (Å²) in [4.78, 5) is 31.3. The van der Waals surface area contributed by atoms with Crippen molar-refractivity contribution in [3.8, 4) is 0 Å². The fraction of sp³-hybridized carbons (Fsp3) is 0.750. The van der Waals surface area contributed by atoms with Gasteiger partial charge in [-0.1, -0.05) is 19.6 Å². The summed E-state index contributed by atoms with van der Waals surface area (Å²) in [7, 11) is 0.212. The largest absolute Gasteiger partial charge is 0.469 e. The molecule has 0 atom stereocenters. The summed E-state index contributed by atoms with van der Waals surface area (Å²) in [5.74, 6) is 0.0843. The van der Waals surface area contributed by atoms with Gasteiger partial charge < -0.3 is 19.5 Å². The van der Waals surface area contributed by atoms with E-state index in [0.29, 0.717) is 51.2 Å². The maximum Gasteiger partial charge on any atom is 0.308 e. The number of aliphatic hydroxyl groups is 1. The molecule has 2 heterocycles. The van der Waals surface area contributed by atoms with Gasteiger partial charge in [0.2, 0.25) is 0 Å². The number of rotatable bonds is 10. The van der Waals surface area contributed by atoms with Gasteiger partial charge in [0.15, 0.2) is 5.82 Å². The van der Waals surface area contributed by atoms with Crippen LogP contribution in [0.2, 0.25) is 25.7 Å². The Morgan fingerprint density at radius 1 is 1.31 bits per heavy atom. The van der Waals surface area contributed by atoms with Crippen LogP contribution in [0.5, 0.6) is 0 Å². The molecule has 0 bridgehead atoms. The smallest absolute Gasteiger partial charge is 0.308 e. The van der Waals surface area contributed by atoms with Crippen LogP contribution in [0.15, 0.2) is 11.0 Å². The summed E-state index contributed by atoms with van der Waals surface area (Å²) in [6.45, 7) is 8.95. The van der Waals surface area contributed by atoms with Gasteiger partial charge in [-0.2, -0.15) is 0 Å². The molecule has 0 aliphatic carbocycles. The minimum Gasteiger partial charge on any atom is -0.469 e. The van der Waals surface area contributed by atoms with E-state index in [0.717, 1.165) is 11.7 Å². The van der Waals surface area contributed by atoms with E-state index in [1.165, 1.54) is 7.11 Å². The second-order valence-electron chi connectivity index (χ2n) is 8.79. The SMILES string of the molecule is COC(=O)C1CCN(c2nc(CCCO)cn(COCC[Si](C)(C)C)c2=O)CC1. The Balaban J connectivity index is 2.13. The van der Waals surface area contributed by atoms with Crippen molar-refractivity contribution in [2.24, 2.45) is 5.92 Å². The van der Waals surface area contributed by atoms with Crippen LogP contribution in [0.1, 0.15) is 25.0 Å². The highest BCUT2D eigenvalue weighted by Gasteiger charge is 2.28. The van der Waals surface area contributed by atoms with Crippen molar-refractivity contribution in [2.45, 2.75) is 58.1 Å². The zero-order valence-electron chi connectivity index (χ0n) is 18.1. The highest BCUT2D eigenvalue weighted by Crippen LogP contribution is 2.21. The van der Waals surface area contributed by atoms with Crippen LogP contribution in [-0.4, -0.2) is 62.1 Å². The van der Waals surface area contributed by atoms with Gasteiger partial charge >= 0.3 is 5.97 Å². The number of aliphatic hydroxyl groups excluding tert-OH is 1. The number of hydrogen-bond acceptors (Lipinski definition) is 7. The molecule has 0 saturated carbocycles. The van der Waals surface area contributed by atoms with Crippen molar-refractivity contribution in [1.82, 2.24) is 9.55 Å². The van der Waals surface area contributed by atoms with Crippen molar-refractivity contribution in [1.29, 1.82) is 0 Å². The van der Waals surface area contributed by atoms with Crippen LogP contribution in [0.4, 0.5) is 5.82 Å². The molecule has 0 radical (unpaired) electrons. The molecule has 2 rings (SSSR count). The number of ether oxygens (including phenoxy) is 2. The topological polar surface area (TPSA) is 93.9 Å². The van der Waals surface area contributed by atoms with Crippen LogP contribution in [-0.2, 0) is 27.4 Å². The fourth-order valence-electron chi connectivity index (χ4n) is 3.30. The van der Waals surface area contributed by atoms with E-state index in [4.69, 9.17) is 14.6 Å². The molecule has 9 heteroatoms. The average Bonchev–Trinajstić information content (AvgIpc) is 2.70. The lowest BCUT2D eigenvalue weighted by Gasteiger charge is -2.31. The molecular weight excluding hydrogens is 390 g/mol. The van der Waals surface area contributed by atoms with E-state index in [1.807, 2.05) is 4.90 Å². The molecule has 0 spiro atoms. The predicted octanol–water partition coefficient (Wildman–Crippen LogP) is 1.87. The first-order valence-electron chi connectivity index (χ1n) is 10.4. The highest BCUT2D eigenvalue weighted by atomic mass is 28.3. The van der Waals surface area contributed by atoms with E-state index >= 15 is 0 Å². The molecule has 0 unspecified atom stereocenters. The van der Waals surface area contributed by atoms with Crippen LogP contribution < -0.4 is 10.5 Å². The number of nitrogens with zero attached hydrogens (tertiary/aromatic N) is 3. The standard InChI is InChI=1S/C20H35N3O5Si/c1-27-20(26)16-7-9-22(10-8-16)18-19(25)23(14-17(21-18)6-5-11-24)15-28-12-13-29(2,3)4/h14,16,24H,5-13,15H2,1-4H3. The Morgan fingerprint density at radius 3 is 2.59 bits per heavy atom. The van der Waals surface area contributed by atoms with Gasteiger partial charge in [-0.15, -0.1) is 0 Å². The maximum atomic E-state index is 13.0. The number of methoxy groups -OCH3 is 1. The molecule has 0 amide bonds. The Labute approximate surface area is 173 Å². The number of carbonyl (C=O) groups excluding carboxylic acids is 1. The Kier molecular flexibility index (Phi) is 8.85. The monoisotopic (exact) mass is 425 g/mol. The number of aromatic nitrogens is 2. The molecule has 1 fully saturated rings. The number of anilines is 1. The number of piperidine rings is 1. The number of aryl methyl sites for hydroxylation is 1. The van der Waals surface area contributed by atoms with Crippen LogP contribution >= 0.6 is 0 Å². The normalized spacial score (nSPS) is 15.6. The van der Waals surface area contributed by atoms with E-state index in [1.54, 1.807) is 10.8 Å².